The number of nitrogens with zero attached hydrogens (tertiary/aromatic N) is 8. The van der Waals surface area contributed by atoms with Gasteiger partial charge in [-0.3, -0.25) is 4.79 Å². The van der Waals surface area contributed by atoms with Gasteiger partial charge in [0.2, 0.25) is 0 Å². The van der Waals surface area contributed by atoms with Crippen LogP contribution in [0, 0.1) is 6.92 Å². The Kier molecular flexibility index (Phi) is 9.22. The minimum absolute atomic E-state index is 0.0792. The summed E-state index contributed by atoms with van der Waals surface area (Å²) in [7, 11) is 4.18. The third-order valence-electron chi connectivity index (χ3n) is 7.80. The first-order valence-electron chi connectivity index (χ1n) is 14.8. The summed E-state index contributed by atoms with van der Waals surface area (Å²) in [4.78, 5) is 31.4. The molecule has 4 aromatic rings. The Morgan fingerprint density at radius 3 is 2.52 bits per heavy atom. The van der Waals surface area contributed by atoms with Crippen molar-refractivity contribution >= 4 is 28.4 Å². The monoisotopic (exact) mass is 570 g/mol. The third-order valence-corrected chi connectivity index (χ3v) is 7.80. The number of piperazine rings is 1. The van der Waals surface area contributed by atoms with E-state index >= 15 is 0 Å². The molecule has 10 nitrogen and oxygen atoms in total. The van der Waals surface area contributed by atoms with Crippen molar-refractivity contribution in [3.8, 4) is 5.75 Å². The largest absolute Gasteiger partial charge is 0.494 e. The van der Waals surface area contributed by atoms with Gasteiger partial charge in [0.15, 0.2) is 5.65 Å². The second-order valence-electron chi connectivity index (χ2n) is 11.0. The minimum atomic E-state index is 0.0792. The summed E-state index contributed by atoms with van der Waals surface area (Å²) in [5.41, 5.74) is 4.95. The Balaban J connectivity index is 1.24. The molecule has 1 fully saturated rings. The van der Waals surface area contributed by atoms with E-state index in [1.807, 2.05) is 53.0 Å². The van der Waals surface area contributed by atoms with Gasteiger partial charge in [0.1, 0.15) is 17.9 Å². The lowest BCUT2D eigenvalue weighted by Crippen LogP contribution is -2.49. The lowest BCUT2D eigenvalue weighted by atomic mass is 10.1. The Labute approximate surface area is 248 Å². The minimum Gasteiger partial charge on any atom is -0.494 e. The number of likely N-dealkylation sites (N-methyl/N-ethyl adjacent to an activating group) is 2. The van der Waals surface area contributed by atoms with E-state index in [-0.39, 0.29) is 5.91 Å². The van der Waals surface area contributed by atoms with Crippen molar-refractivity contribution in [2.45, 2.75) is 27.3 Å². The van der Waals surface area contributed by atoms with Crippen LogP contribution in [0.4, 0.5) is 11.5 Å². The quantitative estimate of drug-likeness (QED) is 0.268. The average Bonchev–Trinajstić information content (AvgIpc) is 3.41. The first-order valence-corrected chi connectivity index (χ1v) is 14.8. The van der Waals surface area contributed by atoms with Crippen LogP contribution < -0.4 is 14.5 Å². The number of carbonyl (C=O) groups is 1. The second-order valence-corrected chi connectivity index (χ2v) is 11.0. The summed E-state index contributed by atoms with van der Waals surface area (Å²) < 4.78 is 7.55. The van der Waals surface area contributed by atoms with Crippen molar-refractivity contribution in [3.05, 3.63) is 71.7 Å². The Morgan fingerprint density at radius 2 is 1.81 bits per heavy atom. The number of amides is 1. The number of anilines is 2. The molecule has 1 aliphatic heterocycles. The fourth-order valence-corrected chi connectivity index (χ4v) is 5.54. The molecule has 0 unspecified atom stereocenters. The van der Waals surface area contributed by atoms with Crippen molar-refractivity contribution < 1.29 is 9.53 Å². The molecule has 3 heterocycles. The molecule has 0 atom stereocenters. The fourth-order valence-electron chi connectivity index (χ4n) is 5.54. The number of carbonyl (C=O) groups excluding carboxylic acids is 1. The molecule has 222 valence electrons. The van der Waals surface area contributed by atoms with Crippen LogP contribution in [0.1, 0.15) is 35.3 Å². The molecule has 2 aromatic carbocycles. The van der Waals surface area contributed by atoms with Gasteiger partial charge in [-0.05, 0) is 76.3 Å². The van der Waals surface area contributed by atoms with Gasteiger partial charge in [0.25, 0.3) is 5.91 Å². The van der Waals surface area contributed by atoms with Gasteiger partial charge in [-0.1, -0.05) is 12.1 Å². The van der Waals surface area contributed by atoms with E-state index in [4.69, 9.17) is 4.74 Å². The maximum atomic E-state index is 13.5. The van der Waals surface area contributed by atoms with Gasteiger partial charge in [0, 0.05) is 57.1 Å². The van der Waals surface area contributed by atoms with Crippen LogP contribution in [-0.4, -0.2) is 102 Å². The van der Waals surface area contributed by atoms with Crippen molar-refractivity contribution in [1.82, 2.24) is 29.5 Å². The van der Waals surface area contributed by atoms with Gasteiger partial charge in [-0.15, -0.1) is 0 Å². The Morgan fingerprint density at radius 1 is 1.00 bits per heavy atom. The second kappa shape index (κ2) is 13.2. The highest BCUT2D eigenvalue weighted by molar-refractivity contribution is 5.95. The molecule has 0 bridgehead atoms. The van der Waals surface area contributed by atoms with E-state index in [9.17, 15) is 4.79 Å². The zero-order valence-corrected chi connectivity index (χ0v) is 25.5. The molecule has 0 radical (unpaired) electrons. The highest BCUT2D eigenvalue weighted by Gasteiger charge is 2.25. The molecule has 0 N–H and O–H groups in total. The topological polar surface area (TPSA) is 82.9 Å². The number of hydrogen-bond acceptors (Lipinski definition) is 8. The number of fused-ring (bicyclic) bond motifs is 1. The van der Waals surface area contributed by atoms with Crippen molar-refractivity contribution in [1.29, 1.82) is 0 Å². The van der Waals surface area contributed by atoms with Gasteiger partial charge in [0.05, 0.1) is 24.7 Å². The molecule has 5 rings (SSSR count). The number of aryl methyl sites for hydroxylation is 1. The first-order chi connectivity index (χ1) is 20.4. The first kappa shape index (κ1) is 29.3. The van der Waals surface area contributed by atoms with Crippen molar-refractivity contribution in [3.63, 3.8) is 0 Å². The van der Waals surface area contributed by atoms with E-state index in [0.29, 0.717) is 39.3 Å². The maximum Gasteiger partial charge on any atom is 0.253 e. The molecule has 10 heteroatoms. The van der Waals surface area contributed by atoms with E-state index in [0.717, 1.165) is 58.9 Å². The summed E-state index contributed by atoms with van der Waals surface area (Å²) in [5, 5.41) is 5.55. The fraction of sp³-hybridized carbons (Fsp3) is 0.438. The van der Waals surface area contributed by atoms with Crippen molar-refractivity contribution in [2.24, 2.45) is 0 Å². The van der Waals surface area contributed by atoms with E-state index in [1.165, 1.54) is 5.69 Å². The average molecular weight is 571 g/mol. The maximum absolute atomic E-state index is 13.5. The smallest absolute Gasteiger partial charge is 0.253 e. The summed E-state index contributed by atoms with van der Waals surface area (Å²) in [5.74, 6) is 1.79. The molecule has 0 saturated carbocycles. The number of aromatic nitrogens is 4. The number of benzene rings is 2. The molecule has 42 heavy (non-hydrogen) atoms. The molecule has 1 amide bonds. The molecular weight excluding hydrogens is 528 g/mol. The predicted molar refractivity (Wildman–Crippen MR) is 168 cm³/mol. The van der Waals surface area contributed by atoms with E-state index < -0.39 is 0 Å². The van der Waals surface area contributed by atoms with Gasteiger partial charge in [-0.2, -0.15) is 5.10 Å². The van der Waals surface area contributed by atoms with Crippen LogP contribution in [0.5, 0.6) is 5.75 Å². The lowest BCUT2D eigenvalue weighted by Gasteiger charge is -2.35. The number of rotatable bonds is 11. The molecule has 0 aliphatic carbocycles. The zero-order chi connectivity index (χ0) is 29.6. The predicted octanol–water partition coefficient (Wildman–Crippen LogP) is 3.93. The molecule has 2 aromatic heterocycles. The lowest BCUT2D eigenvalue weighted by molar-refractivity contribution is 0.0746. The summed E-state index contributed by atoms with van der Waals surface area (Å²) in [6, 6.07) is 14.2. The van der Waals surface area contributed by atoms with Crippen LogP contribution in [0.2, 0.25) is 0 Å². The van der Waals surface area contributed by atoms with E-state index in [1.54, 1.807) is 6.33 Å². The Hall–Kier alpha value is -4.18. The molecule has 0 spiro atoms. The molecular formula is C32H42N8O2. The summed E-state index contributed by atoms with van der Waals surface area (Å²) in [6.45, 7) is 13.0. The van der Waals surface area contributed by atoms with Crippen LogP contribution >= 0.6 is 0 Å². The third kappa shape index (κ3) is 6.49. The van der Waals surface area contributed by atoms with Crippen LogP contribution in [-0.2, 0) is 6.54 Å². The SMILES string of the molecule is CCOc1cccc(Cn2ncc3c(N4CCN(C(=O)c5ccc(N(CC)CCN(C)C)c(C)c5)CC4)ncnc32)c1. The van der Waals surface area contributed by atoms with Crippen LogP contribution in [0.3, 0.4) is 0 Å². The summed E-state index contributed by atoms with van der Waals surface area (Å²) in [6.07, 6.45) is 3.45. The van der Waals surface area contributed by atoms with Crippen molar-refractivity contribution in [2.75, 3.05) is 76.3 Å². The highest BCUT2D eigenvalue weighted by Crippen LogP contribution is 2.26. The molecule has 1 aliphatic rings. The standard InChI is InChI=1S/C32H42N8O2/c1-6-37(14-13-36(4)5)29-12-11-26(19-24(29)3)32(41)39-17-15-38(16-18-39)30-28-21-35-40(31(28)34-23-33-30)22-25-9-8-10-27(20-25)42-7-2/h8-12,19-21,23H,6-7,13-18,22H2,1-5H3. The highest BCUT2D eigenvalue weighted by atomic mass is 16.5. The molecule has 1 saturated heterocycles. The Bertz CT molecular complexity index is 1510. The van der Waals surface area contributed by atoms with Gasteiger partial charge < -0.3 is 24.3 Å². The van der Waals surface area contributed by atoms with Gasteiger partial charge in [-0.25, -0.2) is 14.6 Å². The van der Waals surface area contributed by atoms with Crippen LogP contribution in [0.25, 0.3) is 11.0 Å². The van der Waals surface area contributed by atoms with E-state index in [2.05, 4.69) is 69.8 Å². The normalized spacial score (nSPS) is 13.7. The number of hydrogen-bond donors (Lipinski definition) is 0. The van der Waals surface area contributed by atoms with Crippen LogP contribution in [0.15, 0.2) is 55.0 Å². The van der Waals surface area contributed by atoms with Gasteiger partial charge >= 0.3 is 0 Å². The number of ether oxygens (including phenoxy) is 1. The zero-order valence-electron chi connectivity index (χ0n) is 25.5. The summed E-state index contributed by atoms with van der Waals surface area (Å²) >= 11 is 0.